The van der Waals surface area contributed by atoms with Crippen LogP contribution in [0.5, 0.6) is 0 Å². The van der Waals surface area contributed by atoms with Crippen molar-refractivity contribution in [3.8, 4) is 0 Å². The number of piperazine rings is 1. The fourth-order valence-electron chi connectivity index (χ4n) is 3.26. The lowest BCUT2D eigenvalue weighted by Gasteiger charge is -2.52. The average molecular weight is 298 g/mol. The van der Waals surface area contributed by atoms with E-state index in [1.54, 1.807) is 4.90 Å². The third kappa shape index (κ3) is 2.93. The van der Waals surface area contributed by atoms with Crippen LogP contribution >= 0.6 is 0 Å². The van der Waals surface area contributed by atoms with Crippen LogP contribution in [0.1, 0.15) is 60.3 Å². The molecule has 1 aliphatic rings. The zero-order valence-corrected chi connectivity index (χ0v) is 14.1. The summed E-state index contributed by atoms with van der Waals surface area (Å²) in [5, 5.41) is 3.02. The van der Waals surface area contributed by atoms with E-state index in [1.807, 2.05) is 34.6 Å². The first-order chi connectivity index (χ1) is 9.97. The maximum Gasteiger partial charge on any atom is 0.249 e. The number of rotatable bonds is 8. The smallest absolute Gasteiger partial charge is 0.249 e. The first-order valence-electron chi connectivity index (χ1n) is 8.20. The Morgan fingerprint density at radius 1 is 1.00 bits per heavy atom. The molecular formula is C16H30N2O3. The Balaban J connectivity index is 3.17. The zero-order valence-electron chi connectivity index (χ0n) is 14.1. The largest absolute Gasteiger partial charge is 0.380 e. The summed E-state index contributed by atoms with van der Waals surface area (Å²) in [6, 6.07) is 0. The minimum atomic E-state index is -0.753. The van der Waals surface area contributed by atoms with Crippen LogP contribution in [0.3, 0.4) is 0 Å². The fourth-order valence-corrected chi connectivity index (χ4v) is 3.26. The molecule has 1 aliphatic heterocycles. The summed E-state index contributed by atoms with van der Waals surface area (Å²) < 4.78 is 5.41. The highest BCUT2D eigenvalue weighted by atomic mass is 16.5. The van der Waals surface area contributed by atoms with Gasteiger partial charge in [-0.05, 0) is 32.6 Å². The normalized spacial score (nSPS) is 20.5. The van der Waals surface area contributed by atoms with Gasteiger partial charge in [0.15, 0.2) is 0 Å². The molecule has 1 saturated heterocycles. The Morgan fingerprint density at radius 3 is 2.00 bits per heavy atom. The van der Waals surface area contributed by atoms with E-state index in [0.717, 1.165) is 0 Å². The maximum atomic E-state index is 13.0. The molecule has 122 valence electrons. The van der Waals surface area contributed by atoms with Gasteiger partial charge in [0.1, 0.15) is 11.1 Å². The third-order valence-electron chi connectivity index (χ3n) is 4.99. The van der Waals surface area contributed by atoms with Crippen LogP contribution in [0, 0.1) is 0 Å². The van der Waals surface area contributed by atoms with E-state index in [9.17, 15) is 9.59 Å². The number of carbonyl (C=O) groups is 2. The Morgan fingerprint density at radius 2 is 1.57 bits per heavy atom. The molecule has 1 heterocycles. The molecule has 21 heavy (non-hydrogen) atoms. The molecule has 0 unspecified atom stereocenters. The zero-order chi connectivity index (χ0) is 16.1. The van der Waals surface area contributed by atoms with Gasteiger partial charge in [0.2, 0.25) is 11.8 Å². The van der Waals surface area contributed by atoms with Crippen LogP contribution in [-0.4, -0.2) is 47.6 Å². The molecule has 0 aromatic rings. The molecule has 1 rings (SSSR count). The standard InChI is InChI=1S/C16H30N2O3/c1-6-15(7-2)14(20)18(11-12-21-10-5)16(8-3,9-4)13(19)17-15/h6-12H2,1-5H3,(H,17,19). The van der Waals surface area contributed by atoms with Crippen molar-refractivity contribution in [3.05, 3.63) is 0 Å². The molecule has 0 radical (unpaired) electrons. The predicted molar refractivity (Wildman–Crippen MR) is 83.0 cm³/mol. The number of hydrogen-bond acceptors (Lipinski definition) is 3. The van der Waals surface area contributed by atoms with Crippen LogP contribution in [0.25, 0.3) is 0 Å². The van der Waals surface area contributed by atoms with Crippen molar-refractivity contribution in [1.29, 1.82) is 0 Å². The van der Waals surface area contributed by atoms with E-state index in [-0.39, 0.29) is 11.8 Å². The summed E-state index contributed by atoms with van der Waals surface area (Å²) in [6.45, 7) is 11.3. The van der Waals surface area contributed by atoms with Crippen LogP contribution in [-0.2, 0) is 14.3 Å². The van der Waals surface area contributed by atoms with E-state index >= 15 is 0 Å². The monoisotopic (exact) mass is 298 g/mol. The van der Waals surface area contributed by atoms with Gasteiger partial charge in [-0.2, -0.15) is 0 Å². The predicted octanol–water partition coefficient (Wildman–Crippen LogP) is 2.10. The van der Waals surface area contributed by atoms with Gasteiger partial charge in [-0.15, -0.1) is 0 Å². The van der Waals surface area contributed by atoms with Gasteiger partial charge in [-0.1, -0.05) is 27.7 Å². The second kappa shape index (κ2) is 7.25. The molecule has 5 heteroatoms. The van der Waals surface area contributed by atoms with Gasteiger partial charge in [0.25, 0.3) is 0 Å². The number of hydrogen-bond donors (Lipinski definition) is 1. The van der Waals surface area contributed by atoms with Gasteiger partial charge in [-0.3, -0.25) is 9.59 Å². The van der Waals surface area contributed by atoms with E-state index in [1.165, 1.54) is 0 Å². The lowest BCUT2D eigenvalue weighted by molar-refractivity contribution is -0.165. The minimum absolute atomic E-state index is 0.0210. The Labute approximate surface area is 128 Å². The Bertz CT molecular complexity index is 374. The van der Waals surface area contributed by atoms with Crippen molar-refractivity contribution >= 4 is 11.8 Å². The SMILES string of the molecule is CCOCCN1C(=O)C(CC)(CC)NC(=O)C1(CC)CC. The summed E-state index contributed by atoms with van der Waals surface area (Å²) in [4.78, 5) is 27.6. The van der Waals surface area contributed by atoms with Crippen molar-refractivity contribution in [2.24, 2.45) is 0 Å². The van der Waals surface area contributed by atoms with Gasteiger partial charge < -0.3 is 15.0 Å². The summed E-state index contributed by atoms with van der Waals surface area (Å²) in [5.74, 6) is 0.0165. The van der Waals surface area contributed by atoms with Crippen molar-refractivity contribution in [2.45, 2.75) is 71.4 Å². The summed E-state index contributed by atoms with van der Waals surface area (Å²) in [6.07, 6.45) is 2.47. The van der Waals surface area contributed by atoms with E-state index in [0.29, 0.717) is 45.4 Å². The lowest BCUT2D eigenvalue weighted by atomic mass is 9.79. The lowest BCUT2D eigenvalue weighted by Crippen LogP contribution is -2.75. The van der Waals surface area contributed by atoms with Gasteiger partial charge in [0, 0.05) is 13.2 Å². The van der Waals surface area contributed by atoms with E-state index in [2.05, 4.69) is 5.32 Å². The fraction of sp³-hybridized carbons (Fsp3) is 0.875. The maximum absolute atomic E-state index is 13.0. The van der Waals surface area contributed by atoms with Gasteiger partial charge in [-0.25, -0.2) is 0 Å². The quantitative estimate of drug-likeness (QED) is 0.698. The first kappa shape index (κ1) is 18.0. The molecular weight excluding hydrogens is 268 g/mol. The van der Waals surface area contributed by atoms with Crippen LogP contribution < -0.4 is 5.32 Å². The molecule has 1 N–H and O–H groups in total. The van der Waals surface area contributed by atoms with Crippen LogP contribution in [0.2, 0.25) is 0 Å². The summed E-state index contributed by atoms with van der Waals surface area (Å²) in [7, 11) is 0. The van der Waals surface area contributed by atoms with Crippen molar-refractivity contribution in [1.82, 2.24) is 10.2 Å². The van der Waals surface area contributed by atoms with Gasteiger partial charge >= 0.3 is 0 Å². The molecule has 2 amide bonds. The number of nitrogens with one attached hydrogen (secondary N) is 1. The second-order valence-electron chi connectivity index (χ2n) is 5.64. The molecule has 0 atom stereocenters. The third-order valence-corrected chi connectivity index (χ3v) is 4.99. The molecule has 0 saturated carbocycles. The topological polar surface area (TPSA) is 58.6 Å². The van der Waals surface area contributed by atoms with Crippen molar-refractivity contribution in [2.75, 3.05) is 19.8 Å². The molecule has 0 bridgehead atoms. The number of ether oxygens (including phenoxy) is 1. The van der Waals surface area contributed by atoms with Gasteiger partial charge in [0.05, 0.1) is 6.61 Å². The molecule has 5 nitrogen and oxygen atoms in total. The Kier molecular flexibility index (Phi) is 6.20. The Hall–Kier alpha value is -1.10. The van der Waals surface area contributed by atoms with E-state index in [4.69, 9.17) is 4.74 Å². The summed E-state index contributed by atoms with van der Waals surface area (Å²) in [5.41, 5.74) is -1.49. The first-order valence-corrected chi connectivity index (χ1v) is 8.20. The molecule has 0 aromatic heterocycles. The van der Waals surface area contributed by atoms with E-state index < -0.39 is 11.1 Å². The second-order valence-corrected chi connectivity index (χ2v) is 5.64. The molecule has 0 aliphatic carbocycles. The van der Waals surface area contributed by atoms with Crippen LogP contribution in [0.4, 0.5) is 0 Å². The number of nitrogens with zero attached hydrogens (tertiary/aromatic N) is 1. The van der Waals surface area contributed by atoms with Crippen molar-refractivity contribution < 1.29 is 14.3 Å². The highest BCUT2D eigenvalue weighted by Crippen LogP contribution is 2.34. The average Bonchev–Trinajstić information content (AvgIpc) is 2.51. The van der Waals surface area contributed by atoms with Crippen molar-refractivity contribution in [3.63, 3.8) is 0 Å². The molecule has 0 spiro atoms. The highest BCUT2D eigenvalue weighted by molar-refractivity contribution is 6.02. The molecule has 0 aromatic carbocycles. The summed E-state index contributed by atoms with van der Waals surface area (Å²) >= 11 is 0. The molecule has 1 fully saturated rings. The number of carbonyl (C=O) groups excluding carboxylic acids is 2. The minimum Gasteiger partial charge on any atom is -0.380 e. The van der Waals surface area contributed by atoms with Crippen LogP contribution in [0.15, 0.2) is 0 Å². The number of amides is 2. The highest BCUT2D eigenvalue weighted by Gasteiger charge is 2.55.